The summed E-state index contributed by atoms with van der Waals surface area (Å²) in [7, 11) is 0. The van der Waals surface area contributed by atoms with Gasteiger partial charge in [0.1, 0.15) is 0 Å². The van der Waals surface area contributed by atoms with Crippen molar-refractivity contribution < 1.29 is 0 Å². The molecular weight excluding hydrogens is 218 g/mol. The number of hydrogen-bond acceptors (Lipinski definition) is 1. The molecule has 0 saturated carbocycles. The summed E-state index contributed by atoms with van der Waals surface area (Å²) >= 11 is 0. The highest BCUT2D eigenvalue weighted by Crippen LogP contribution is 2.30. The van der Waals surface area contributed by atoms with E-state index in [1.807, 2.05) is 0 Å². The molecule has 1 heteroatoms. The standard InChI is InChI=1S/C17H21N/c1-4-18(5-2)17-9-7-6-8-16(17)15-12-10-14(3)11-13-15/h6-13H,4-5H2,1-3H3. The monoisotopic (exact) mass is 239 g/mol. The largest absolute Gasteiger partial charge is 0.372 e. The molecule has 0 aromatic heterocycles. The Morgan fingerprint density at radius 2 is 1.44 bits per heavy atom. The molecule has 1 nitrogen and oxygen atoms in total. The molecule has 0 heterocycles. The highest BCUT2D eigenvalue weighted by molar-refractivity contribution is 5.78. The van der Waals surface area contributed by atoms with Gasteiger partial charge in [0.25, 0.3) is 0 Å². The summed E-state index contributed by atoms with van der Waals surface area (Å²) in [5, 5.41) is 0. The minimum Gasteiger partial charge on any atom is -0.372 e. The second kappa shape index (κ2) is 5.72. The first kappa shape index (κ1) is 12.7. The van der Waals surface area contributed by atoms with Gasteiger partial charge in [-0.1, -0.05) is 48.0 Å². The van der Waals surface area contributed by atoms with Crippen molar-refractivity contribution in [2.75, 3.05) is 18.0 Å². The molecule has 94 valence electrons. The Morgan fingerprint density at radius 1 is 0.833 bits per heavy atom. The maximum Gasteiger partial charge on any atom is 0.0445 e. The molecule has 0 aliphatic rings. The third kappa shape index (κ3) is 2.56. The molecule has 0 amide bonds. The van der Waals surface area contributed by atoms with Crippen LogP contribution in [-0.2, 0) is 0 Å². The molecule has 0 atom stereocenters. The van der Waals surface area contributed by atoms with Crippen molar-refractivity contribution in [1.29, 1.82) is 0 Å². The molecule has 2 aromatic rings. The zero-order chi connectivity index (χ0) is 13.0. The van der Waals surface area contributed by atoms with Crippen LogP contribution in [0.3, 0.4) is 0 Å². The number of hydrogen-bond donors (Lipinski definition) is 0. The Kier molecular flexibility index (Phi) is 4.03. The first-order valence-corrected chi connectivity index (χ1v) is 6.67. The molecule has 0 unspecified atom stereocenters. The van der Waals surface area contributed by atoms with E-state index in [2.05, 4.69) is 74.2 Å². The van der Waals surface area contributed by atoms with E-state index in [0.29, 0.717) is 0 Å². The second-order valence-electron chi connectivity index (χ2n) is 4.56. The van der Waals surface area contributed by atoms with Crippen LogP contribution in [0.5, 0.6) is 0 Å². The van der Waals surface area contributed by atoms with Crippen molar-refractivity contribution in [2.45, 2.75) is 20.8 Å². The van der Waals surface area contributed by atoms with Gasteiger partial charge in [0, 0.05) is 24.3 Å². The molecule has 18 heavy (non-hydrogen) atoms. The minimum atomic E-state index is 1.04. The van der Waals surface area contributed by atoms with E-state index in [1.165, 1.54) is 22.4 Å². The van der Waals surface area contributed by atoms with Gasteiger partial charge in [-0.3, -0.25) is 0 Å². The van der Waals surface area contributed by atoms with Crippen LogP contribution >= 0.6 is 0 Å². The number of para-hydroxylation sites is 1. The second-order valence-corrected chi connectivity index (χ2v) is 4.56. The van der Waals surface area contributed by atoms with Crippen molar-refractivity contribution in [1.82, 2.24) is 0 Å². The third-order valence-electron chi connectivity index (χ3n) is 3.37. The summed E-state index contributed by atoms with van der Waals surface area (Å²) in [6.07, 6.45) is 0. The SMILES string of the molecule is CCN(CC)c1ccccc1-c1ccc(C)cc1. The Balaban J connectivity index is 2.47. The molecule has 0 aliphatic heterocycles. The zero-order valence-electron chi connectivity index (χ0n) is 11.5. The molecule has 2 rings (SSSR count). The fourth-order valence-electron chi connectivity index (χ4n) is 2.29. The van der Waals surface area contributed by atoms with Gasteiger partial charge in [0.15, 0.2) is 0 Å². The summed E-state index contributed by atoms with van der Waals surface area (Å²) in [5.41, 5.74) is 5.25. The Labute approximate surface area is 110 Å². The first-order chi connectivity index (χ1) is 8.76. The number of anilines is 1. The summed E-state index contributed by atoms with van der Waals surface area (Å²) in [6, 6.07) is 17.4. The Morgan fingerprint density at radius 3 is 2.06 bits per heavy atom. The Hall–Kier alpha value is -1.76. The van der Waals surface area contributed by atoms with Crippen LogP contribution in [0.25, 0.3) is 11.1 Å². The molecule has 0 saturated heterocycles. The van der Waals surface area contributed by atoms with Gasteiger partial charge in [-0.15, -0.1) is 0 Å². The van der Waals surface area contributed by atoms with Crippen LogP contribution in [0.2, 0.25) is 0 Å². The predicted octanol–water partition coefficient (Wildman–Crippen LogP) is 4.51. The van der Waals surface area contributed by atoms with Crippen LogP contribution in [0.4, 0.5) is 5.69 Å². The lowest BCUT2D eigenvalue weighted by molar-refractivity contribution is 0.867. The van der Waals surface area contributed by atoms with Crippen LogP contribution in [0.15, 0.2) is 48.5 Å². The first-order valence-electron chi connectivity index (χ1n) is 6.67. The van der Waals surface area contributed by atoms with E-state index in [1.54, 1.807) is 0 Å². The van der Waals surface area contributed by atoms with Gasteiger partial charge in [0.2, 0.25) is 0 Å². The maximum atomic E-state index is 2.40. The van der Waals surface area contributed by atoms with Crippen LogP contribution in [0, 0.1) is 6.92 Å². The molecule has 0 spiro atoms. The van der Waals surface area contributed by atoms with E-state index in [-0.39, 0.29) is 0 Å². The lowest BCUT2D eigenvalue weighted by Gasteiger charge is -2.24. The van der Waals surface area contributed by atoms with E-state index < -0.39 is 0 Å². The summed E-state index contributed by atoms with van der Waals surface area (Å²) in [4.78, 5) is 2.40. The van der Waals surface area contributed by atoms with Crippen LogP contribution < -0.4 is 4.90 Å². The van der Waals surface area contributed by atoms with Gasteiger partial charge in [0.05, 0.1) is 0 Å². The molecular formula is C17H21N. The van der Waals surface area contributed by atoms with Gasteiger partial charge < -0.3 is 4.90 Å². The van der Waals surface area contributed by atoms with Gasteiger partial charge in [-0.05, 0) is 32.4 Å². The minimum absolute atomic E-state index is 1.04. The van der Waals surface area contributed by atoms with Crippen molar-refractivity contribution in [2.24, 2.45) is 0 Å². The molecule has 0 N–H and O–H groups in total. The normalized spacial score (nSPS) is 10.4. The van der Waals surface area contributed by atoms with Crippen molar-refractivity contribution >= 4 is 5.69 Å². The third-order valence-corrected chi connectivity index (χ3v) is 3.37. The topological polar surface area (TPSA) is 3.24 Å². The average molecular weight is 239 g/mol. The van der Waals surface area contributed by atoms with Crippen LogP contribution in [-0.4, -0.2) is 13.1 Å². The van der Waals surface area contributed by atoms with E-state index >= 15 is 0 Å². The van der Waals surface area contributed by atoms with Gasteiger partial charge >= 0.3 is 0 Å². The fourth-order valence-corrected chi connectivity index (χ4v) is 2.29. The van der Waals surface area contributed by atoms with Crippen molar-refractivity contribution in [3.8, 4) is 11.1 Å². The highest BCUT2D eigenvalue weighted by Gasteiger charge is 2.08. The molecule has 0 radical (unpaired) electrons. The zero-order valence-corrected chi connectivity index (χ0v) is 11.5. The lowest BCUT2D eigenvalue weighted by atomic mass is 10.0. The molecule has 0 aliphatic carbocycles. The maximum absolute atomic E-state index is 2.40. The number of aryl methyl sites for hydroxylation is 1. The van der Waals surface area contributed by atoms with E-state index in [9.17, 15) is 0 Å². The number of rotatable bonds is 4. The van der Waals surface area contributed by atoms with Gasteiger partial charge in [-0.2, -0.15) is 0 Å². The number of nitrogens with zero attached hydrogens (tertiary/aromatic N) is 1. The van der Waals surface area contributed by atoms with E-state index in [4.69, 9.17) is 0 Å². The van der Waals surface area contributed by atoms with Gasteiger partial charge in [-0.25, -0.2) is 0 Å². The molecule has 0 fully saturated rings. The smallest absolute Gasteiger partial charge is 0.0445 e. The van der Waals surface area contributed by atoms with Crippen molar-refractivity contribution in [3.05, 3.63) is 54.1 Å². The Bertz CT molecular complexity index is 495. The highest BCUT2D eigenvalue weighted by atomic mass is 15.1. The van der Waals surface area contributed by atoms with Crippen molar-refractivity contribution in [3.63, 3.8) is 0 Å². The van der Waals surface area contributed by atoms with E-state index in [0.717, 1.165) is 13.1 Å². The number of benzene rings is 2. The quantitative estimate of drug-likeness (QED) is 0.759. The predicted molar refractivity (Wildman–Crippen MR) is 80.2 cm³/mol. The summed E-state index contributed by atoms with van der Waals surface area (Å²) in [6.45, 7) is 8.61. The fraction of sp³-hybridized carbons (Fsp3) is 0.294. The lowest BCUT2D eigenvalue weighted by Crippen LogP contribution is -2.22. The van der Waals surface area contributed by atoms with Crippen LogP contribution in [0.1, 0.15) is 19.4 Å². The summed E-state index contributed by atoms with van der Waals surface area (Å²) in [5.74, 6) is 0. The molecule has 2 aromatic carbocycles. The molecule has 0 bridgehead atoms. The average Bonchev–Trinajstić information content (AvgIpc) is 2.42. The summed E-state index contributed by atoms with van der Waals surface area (Å²) < 4.78 is 0.